The molecule has 3 aromatic rings. The number of benzene rings is 2. The van der Waals surface area contributed by atoms with Crippen LogP contribution >= 0.6 is 0 Å². The molecule has 2 aliphatic rings. The van der Waals surface area contributed by atoms with E-state index in [1.54, 1.807) is 0 Å². The monoisotopic (exact) mass is 419 g/mol. The Morgan fingerprint density at radius 2 is 1.74 bits per heavy atom. The van der Waals surface area contributed by atoms with Crippen molar-refractivity contribution in [2.45, 2.75) is 44.3 Å². The van der Waals surface area contributed by atoms with Crippen LogP contribution in [0.15, 0.2) is 42.5 Å². The molecule has 2 heterocycles. The standard InChI is InChI=1S/C24H29N5O2/c1-29(2)23-19-7-3-4-8-20(19)27-24(28-23)26-18-12-10-17(11-13-18)25-14-16-6-5-9-21-22(16)31-15-30-21/h3-9,17-18,25H,10-15H2,1-2H3,(H,26,27,28). The highest BCUT2D eigenvalue weighted by molar-refractivity contribution is 5.90. The molecule has 1 fully saturated rings. The maximum atomic E-state index is 5.62. The van der Waals surface area contributed by atoms with Crippen molar-refractivity contribution in [2.24, 2.45) is 0 Å². The smallest absolute Gasteiger partial charge is 0.231 e. The normalized spacial score (nSPS) is 20.1. The van der Waals surface area contributed by atoms with E-state index < -0.39 is 0 Å². The van der Waals surface area contributed by atoms with E-state index in [-0.39, 0.29) is 0 Å². The van der Waals surface area contributed by atoms with Crippen LogP contribution in [0.2, 0.25) is 0 Å². The Bertz CT molecular complexity index is 1060. The molecule has 0 bridgehead atoms. The first kappa shape index (κ1) is 19.9. The third kappa shape index (κ3) is 4.23. The average Bonchev–Trinajstić information content (AvgIpc) is 3.27. The van der Waals surface area contributed by atoms with Crippen LogP contribution in [0.5, 0.6) is 11.5 Å². The van der Waals surface area contributed by atoms with Crippen molar-refractivity contribution in [1.82, 2.24) is 15.3 Å². The van der Waals surface area contributed by atoms with Crippen molar-refractivity contribution >= 4 is 22.7 Å². The van der Waals surface area contributed by atoms with Crippen LogP contribution in [-0.2, 0) is 6.54 Å². The molecular weight excluding hydrogens is 390 g/mol. The van der Waals surface area contributed by atoms with Gasteiger partial charge >= 0.3 is 0 Å². The third-order valence-electron chi connectivity index (χ3n) is 6.13. The number of hydrogen-bond acceptors (Lipinski definition) is 7. The fourth-order valence-electron chi connectivity index (χ4n) is 4.47. The van der Waals surface area contributed by atoms with Gasteiger partial charge < -0.3 is 25.0 Å². The maximum Gasteiger partial charge on any atom is 0.231 e. The molecule has 0 radical (unpaired) electrons. The molecular formula is C24H29N5O2. The molecule has 7 heteroatoms. The van der Waals surface area contributed by atoms with Gasteiger partial charge in [-0.1, -0.05) is 24.3 Å². The number of fused-ring (bicyclic) bond motifs is 2. The second kappa shape index (κ2) is 8.59. The summed E-state index contributed by atoms with van der Waals surface area (Å²) in [7, 11) is 4.05. The van der Waals surface area contributed by atoms with Gasteiger partial charge in [0.1, 0.15) is 5.82 Å². The summed E-state index contributed by atoms with van der Waals surface area (Å²) in [5.41, 5.74) is 2.14. The second-order valence-corrected chi connectivity index (χ2v) is 8.51. The van der Waals surface area contributed by atoms with E-state index in [0.717, 1.165) is 72.0 Å². The van der Waals surface area contributed by atoms with Crippen LogP contribution in [0, 0.1) is 0 Å². The molecule has 0 spiro atoms. The van der Waals surface area contributed by atoms with Gasteiger partial charge in [0.25, 0.3) is 0 Å². The Hall–Kier alpha value is -3.06. The Kier molecular flexibility index (Phi) is 5.51. The van der Waals surface area contributed by atoms with Crippen LogP contribution in [0.4, 0.5) is 11.8 Å². The molecule has 0 atom stereocenters. The second-order valence-electron chi connectivity index (χ2n) is 8.51. The lowest BCUT2D eigenvalue weighted by molar-refractivity contribution is 0.173. The fraction of sp³-hybridized carbons (Fsp3) is 0.417. The van der Waals surface area contributed by atoms with Gasteiger partial charge in [0.2, 0.25) is 12.7 Å². The zero-order valence-electron chi connectivity index (χ0n) is 18.1. The van der Waals surface area contributed by atoms with Gasteiger partial charge in [0, 0.05) is 43.7 Å². The number of rotatable bonds is 6. The summed E-state index contributed by atoms with van der Waals surface area (Å²) in [5.74, 6) is 3.40. The van der Waals surface area contributed by atoms with Crippen molar-refractivity contribution in [3.63, 3.8) is 0 Å². The Morgan fingerprint density at radius 1 is 0.935 bits per heavy atom. The minimum absolute atomic E-state index is 0.315. The molecule has 7 nitrogen and oxygen atoms in total. The first-order valence-electron chi connectivity index (χ1n) is 11.0. The lowest BCUT2D eigenvalue weighted by atomic mass is 9.91. The van der Waals surface area contributed by atoms with Crippen molar-refractivity contribution in [3.8, 4) is 11.5 Å². The Morgan fingerprint density at radius 3 is 2.58 bits per heavy atom. The van der Waals surface area contributed by atoms with E-state index in [1.807, 2.05) is 49.3 Å². The predicted octanol–water partition coefficient (Wildman–Crippen LogP) is 3.94. The van der Waals surface area contributed by atoms with E-state index >= 15 is 0 Å². The number of nitrogens with one attached hydrogen (secondary N) is 2. The lowest BCUT2D eigenvalue weighted by Gasteiger charge is -2.30. The molecule has 0 unspecified atom stereocenters. The topological polar surface area (TPSA) is 71.5 Å². The molecule has 0 amide bonds. The van der Waals surface area contributed by atoms with Crippen LogP contribution in [-0.4, -0.2) is 42.9 Å². The molecule has 0 saturated heterocycles. The third-order valence-corrected chi connectivity index (χ3v) is 6.13. The molecule has 1 aromatic heterocycles. The van der Waals surface area contributed by atoms with Crippen LogP contribution in [0.1, 0.15) is 31.2 Å². The largest absolute Gasteiger partial charge is 0.454 e. The van der Waals surface area contributed by atoms with Gasteiger partial charge in [0.05, 0.1) is 5.52 Å². The first-order valence-corrected chi connectivity index (χ1v) is 11.0. The van der Waals surface area contributed by atoms with Crippen LogP contribution in [0.25, 0.3) is 10.9 Å². The summed E-state index contributed by atoms with van der Waals surface area (Å²) in [6.45, 7) is 1.12. The van der Waals surface area contributed by atoms with E-state index in [1.165, 1.54) is 0 Å². The molecule has 1 saturated carbocycles. The zero-order valence-corrected chi connectivity index (χ0v) is 18.1. The molecule has 162 valence electrons. The van der Waals surface area contributed by atoms with Gasteiger partial charge in [-0.25, -0.2) is 4.98 Å². The van der Waals surface area contributed by atoms with Gasteiger partial charge in [-0.2, -0.15) is 4.98 Å². The zero-order chi connectivity index (χ0) is 21.2. The molecule has 5 rings (SSSR count). The summed E-state index contributed by atoms with van der Waals surface area (Å²) in [5, 5.41) is 8.36. The van der Waals surface area contributed by atoms with Crippen molar-refractivity contribution in [3.05, 3.63) is 48.0 Å². The van der Waals surface area contributed by atoms with Gasteiger partial charge in [-0.05, 0) is 43.9 Å². The summed E-state index contributed by atoms with van der Waals surface area (Å²) in [6, 6.07) is 15.2. The number of hydrogen-bond donors (Lipinski definition) is 2. The number of nitrogens with zero attached hydrogens (tertiary/aromatic N) is 3. The van der Waals surface area contributed by atoms with Gasteiger partial charge in [-0.3, -0.25) is 0 Å². The average molecular weight is 420 g/mol. The minimum atomic E-state index is 0.315. The van der Waals surface area contributed by atoms with E-state index in [0.29, 0.717) is 18.9 Å². The fourth-order valence-corrected chi connectivity index (χ4v) is 4.47. The van der Waals surface area contributed by atoms with E-state index in [4.69, 9.17) is 19.4 Å². The van der Waals surface area contributed by atoms with E-state index in [2.05, 4.69) is 22.8 Å². The SMILES string of the molecule is CN(C)c1nc(NC2CCC(NCc3cccc4c3OCO4)CC2)nc2ccccc12. The molecule has 2 aromatic carbocycles. The molecule has 1 aliphatic heterocycles. The quantitative estimate of drug-likeness (QED) is 0.627. The number of anilines is 2. The maximum absolute atomic E-state index is 5.62. The highest BCUT2D eigenvalue weighted by Crippen LogP contribution is 2.35. The van der Waals surface area contributed by atoms with Crippen molar-refractivity contribution < 1.29 is 9.47 Å². The van der Waals surface area contributed by atoms with Crippen LogP contribution in [0.3, 0.4) is 0 Å². The highest BCUT2D eigenvalue weighted by atomic mass is 16.7. The summed E-state index contributed by atoms with van der Waals surface area (Å²) in [4.78, 5) is 11.6. The van der Waals surface area contributed by atoms with Gasteiger partial charge in [-0.15, -0.1) is 0 Å². The number of para-hydroxylation sites is 2. The Labute approximate surface area is 182 Å². The number of aromatic nitrogens is 2. The minimum Gasteiger partial charge on any atom is -0.454 e. The van der Waals surface area contributed by atoms with Crippen molar-refractivity contribution in [1.29, 1.82) is 0 Å². The summed E-state index contributed by atoms with van der Waals surface area (Å²) < 4.78 is 11.1. The lowest BCUT2D eigenvalue weighted by Crippen LogP contribution is -2.37. The van der Waals surface area contributed by atoms with Crippen molar-refractivity contribution in [2.75, 3.05) is 31.1 Å². The highest BCUT2D eigenvalue weighted by Gasteiger charge is 2.23. The van der Waals surface area contributed by atoms with Gasteiger partial charge in [0.15, 0.2) is 11.5 Å². The van der Waals surface area contributed by atoms with E-state index in [9.17, 15) is 0 Å². The summed E-state index contributed by atoms with van der Waals surface area (Å²) >= 11 is 0. The molecule has 2 N–H and O–H groups in total. The van der Waals surface area contributed by atoms with Crippen LogP contribution < -0.4 is 25.0 Å². The first-order chi connectivity index (χ1) is 15.2. The molecule has 1 aliphatic carbocycles. The molecule has 31 heavy (non-hydrogen) atoms. The number of ether oxygens (including phenoxy) is 2. The Balaban J connectivity index is 1.18. The summed E-state index contributed by atoms with van der Waals surface area (Å²) in [6.07, 6.45) is 4.44. The predicted molar refractivity (Wildman–Crippen MR) is 123 cm³/mol.